The minimum atomic E-state index is 0. The van der Waals surface area contributed by atoms with Crippen molar-refractivity contribution in [1.82, 2.24) is 15.2 Å². The molecule has 1 saturated heterocycles. The van der Waals surface area contributed by atoms with Gasteiger partial charge in [-0.1, -0.05) is 6.92 Å². The van der Waals surface area contributed by atoms with Crippen molar-refractivity contribution in [3.05, 3.63) is 15.6 Å². The molecule has 2 heterocycles. The Morgan fingerprint density at radius 3 is 2.80 bits per heavy atom. The minimum Gasteiger partial charge on any atom is -0.335 e. The summed E-state index contributed by atoms with van der Waals surface area (Å²) in [5, 5.41) is 4.44. The molecule has 1 aromatic rings. The molecule has 1 aromatic heterocycles. The quantitative estimate of drug-likeness (QED) is 0.920. The second kappa shape index (κ2) is 8.82. The fourth-order valence-corrected chi connectivity index (χ4v) is 3.37. The summed E-state index contributed by atoms with van der Waals surface area (Å²) in [6.07, 6.45) is 2.04. The van der Waals surface area contributed by atoms with Gasteiger partial charge in [-0.3, -0.25) is 4.79 Å². The number of nitrogens with zero attached hydrogens (tertiary/aromatic N) is 2. The third-order valence-corrected chi connectivity index (χ3v) is 4.36. The summed E-state index contributed by atoms with van der Waals surface area (Å²) >= 11 is 1.56. The van der Waals surface area contributed by atoms with Crippen LogP contribution in [0.25, 0.3) is 0 Å². The van der Waals surface area contributed by atoms with Crippen molar-refractivity contribution in [3.8, 4) is 0 Å². The number of aryl methyl sites for hydroxylation is 2. The minimum absolute atomic E-state index is 0. The van der Waals surface area contributed by atoms with E-state index in [1.165, 1.54) is 0 Å². The molecule has 1 fully saturated rings. The number of carbonyl (C=O) groups excluding carboxylic acids is 1. The van der Waals surface area contributed by atoms with Crippen molar-refractivity contribution in [2.75, 3.05) is 19.6 Å². The number of piperazine rings is 1. The van der Waals surface area contributed by atoms with Crippen LogP contribution in [-0.2, 0) is 6.42 Å². The Morgan fingerprint density at radius 1 is 1.50 bits per heavy atom. The summed E-state index contributed by atoms with van der Waals surface area (Å²) < 4.78 is 0. The number of hydrogen-bond donors (Lipinski definition) is 1. The van der Waals surface area contributed by atoms with Gasteiger partial charge in [-0.2, -0.15) is 0 Å². The van der Waals surface area contributed by atoms with E-state index in [1.54, 1.807) is 11.3 Å². The monoisotopic (exact) mass is 339 g/mol. The number of nitrogens with one attached hydrogen (secondary N) is 1. The maximum Gasteiger partial charge on any atom is 0.265 e. The second-order valence-electron chi connectivity index (χ2n) is 4.88. The van der Waals surface area contributed by atoms with Gasteiger partial charge in [0.2, 0.25) is 0 Å². The first-order valence-corrected chi connectivity index (χ1v) is 7.42. The molecule has 0 aliphatic carbocycles. The van der Waals surface area contributed by atoms with E-state index >= 15 is 0 Å². The molecular weight excluding hydrogens is 317 g/mol. The van der Waals surface area contributed by atoms with E-state index in [0.29, 0.717) is 6.04 Å². The summed E-state index contributed by atoms with van der Waals surface area (Å²) in [6.45, 7) is 8.65. The van der Waals surface area contributed by atoms with Crippen LogP contribution in [0.5, 0.6) is 0 Å². The van der Waals surface area contributed by atoms with Gasteiger partial charge in [0.05, 0.1) is 10.7 Å². The largest absolute Gasteiger partial charge is 0.335 e. The van der Waals surface area contributed by atoms with Crippen molar-refractivity contribution < 1.29 is 4.79 Å². The van der Waals surface area contributed by atoms with Crippen LogP contribution in [0.15, 0.2) is 0 Å². The highest BCUT2D eigenvalue weighted by molar-refractivity contribution is 7.13. The van der Waals surface area contributed by atoms with Gasteiger partial charge in [-0.25, -0.2) is 4.98 Å². The van der Waals surface area contributed by atoms with Gasteiger partial charge < -0.3 is 10.2 Å². The Bertz CT molecular complexity index is 439. The lowest BCUT2D eigenvalue weighted by Gasteiger charge is -2.31. The van der Waals surface area contributed by atoms with Gasteiger partial charge in [0.1, 0.15) is 4.88 Å². The van der Waals surface area contributed by atoms with E-state index in [4.69, 9.17) is 0 Å². The fraction of sp³-hybridized carbons (Fsp3) is 0.692. The fourth-order valence-electron chi connectivity index (χ4n) is 2.23. The molecule has 1 amide bonds. The van der Waals surface area contributed by atoms with Crippen LogP contribution >= 0.6 is 36.2 Å². The Hall–Kier alpha value is -0.360. The van der Waals surface area contributed by atoms with Crippen LogP contribution in [0.3, 0.4) is 0 Å². The number of amides is 1. The average Bonchev–Trinajstić information content (AvgIpc) is 2.70. The lowest BCUT2D eigenvalue weighted by atomic mass is 10.2. The van der Waals surface area contributed by atoms with E-state index in [9.17, 15) is 4.79 Å². The second-order valence-corrected chi connectivity index (χ2v) is 5.96. The van der Waals surface area contributed by atoms with E-state index in [2.05, 4.69) is 24.1 Å². The van der Waals surface area contributed by atoms with Crippen molar-refractivity contribution in [3.63, 3.8) is 0 Å². The molecule has 0 radical (unpaired) electrons. The van der Waals surface area contributed by atoms with E-state index in [-0.39, 0.29) is 30.7 Å². The van der Waals surface area contributed by atoms with Crippen molar-refractivity contribution in [1.29, 1.82) is 0 Å². The standard InChI is InChI=1S/C13H21N3OS.2ClH/c1-4-5-11-15-10(3)12(18-11)13(17)16-7-6-14-9(2)8-16;;/h9,14H,4-8H2,1-3H3;2*1H. The summed E-state index contributed by atoms with van der Waals surface area (Å²) in [5.41, 5.74) is 0.889. The molecule has 7 heteroatoms. The topological polar surface area (TPSA) is 45.2 Å². The molecule has 2 rings (SSSR count). The molecule has 4 nitrogen and oxygen atoms in total. The number of rotatable bonds is 3. The normalized spacial score (nSPS) is 18.1. The van der Waals surface area contributed by atoms with Crippen molar-refractivity contribution >= 4 is 42.1 Å². The number of aromatic nitrogens is 1. The number of thiazole rings is 1. The molecule has 20 heavy (non-hydrogen) atoms. The van der Waals surface area contributed by atoms with Gasteiger partial charge in [0.15, 0.2) is 0 Å². The average molecular weight is 340 g/mol. The number of halogens is 2. The molecule has 1 aliphatic heterocycles. The van der Waals surface area contributed by atoms with Gasteiger partial charge in [0, 0.05) is 25.7 Å². The van der Waals surface area contributed by atoms with Crippen LogP contribution in [0.4, 0.5) is 0 Å². The third kappa shape index (κ3) is 4.58. The van der Waals surface area contributed by atoms with E-state index in [0.717, 1.165) is 48.1 Å². The molecule has 1 unspecified atom stereocenters. The van der Waals surface area contributed by atoms with Gasteiger partial charge in [-0.05, 0) is 26.7 Å². The number of hydrogen-bond acceptors (Lipinski definition) is 4. The Labute approximate surface area is 137 Å². The zero-order valence-corrected chi connectivity index (χ0v) is 14.6. The summed E-state index contributed by atoms with van der Waals surface area (Å²) in [5.74, 6) is 0.153. The predicted molar refractivity (Wildman–Crippen MR) is 88.7 cm³/mol. The van der Waals surface area contributed by atoms with E-state index in [1.807, 2.05) is 11.8 Å². The molecule has 116 valence electrons. The third-order valence-electron chi connectivity index (χ3n) is 3.15. The Morgan fingerprint density at radius 2 is 2.20 bits per heavy atom. The maximum absolute atomic E-state index is 12.5. The molecule has 0 saturated carbocycles. The first-order valence-electron chi connectivity index (χ1n) is 6.60. The number of carbonyl (C=O) groups is 1. The summed E-state index contributed by atoms with van der Waals surface area (Å²) in [6, 6.07) is 0.381. The van der Waals surface area contributed by atoms with Crippen LogP contribution in [-0.4, -0.2) is 41.5 Å². The molecule has 0 spiro atoms. The zero-order chi connectivity index (χ0) is 13.1. The molecule has 1 aliphatic rings. The highest BCUT2D eigenvalue weighted by Gasteiger charge is 2.24. The first kappa shape index (κ1) is 19.6. The highest BCUT2D eigenvalue weighted by atomic mass is 35.5. The van der Waals surface area contributed by atoms with Crippen LogP contribution in [0.2, 0.25) is 0 Å². The van der Waals surface area contributed by atoms with Crippen molar-refractivity contribution in [2.45, 2.75) is 39.7 Å². The van der Waals surface area contributed by atoms with Gasteiger partial charge in [-0.15, -0.1) is 36.2 Å². The lowest BCUT2D eigenvalue weighted by Crippen LogP contribution is -2.51. The van der Waals surface area contributed by atoms with E-state index < -0.39 is 0 Å². The molecule has 1 N–H and O–H groups in total. The highest BCUT2D eigenvalue weighted by Crippen LogP contribution is 2.21. The first-order chi connectivity index (χ1) is 8.61. The smallest absolute Gasteiger partial charge is 0.265 e. The predicted octanol–water partition coefficient (Wildman–Crippen LogP) is 2.68. The zero-order valence-electron chi connectivity index (χ0n) is 12.1. The summed E-state index contributed by atoms with van der Waals surface area (Å²) in [4.78, 5) is 19.7. The Balaban J connectivity index is 0.00000180. The van der Waals surface area contributed by atoms with Crippen molar-refractivity contribution in [2.24, 2.45) is 0 Å². The molecular formula is C13H23Cl2N3OS. The van der Waals surface area contributed by atoms with Crippen LogP contribution in [0.1, 0.15) is 40.6 Å². The van der Waals surface area contributed by atoms with Gasteiger partial charge >= 0.3 is 0 Å². The maximum atomic E-state index is 12.5. The Kier molecular flexibility index (Phi) is 8.66. The van der Waals surface area contributed by atoms with Crippen LogP contribution in [0, 0.1) is 6.92 Å². The summed E-state index contributed by atoms with van der Waals surface area (Å²) in [7, 11) is 0. The van der Waals surface area contributed by atoms with Crippen LogP contribution < -0.4 is 5.32 Å². The molecule has 0 bridgehead atoms. The lowest BCUT2D eigenvalue weighted by molar-refractivity contribution is 0.0713. The van der Waals surface area contributed by atoms with Gasteiger partial charge in [0.25, 0.3) is 5.91 Å². The molecule has 1 atom stereocenters. The SMILES string of the molecule is CCCc1nc(C)c(C(=O)N2CCNC(C)C2)s1.Cl.Cl. The molecule has 0 aromatic carbocycles.